The zero-order chi connectivity index (χ0) is 18.9. The molecule has 1 aliphatic rings. The summed E-state index contributed by atoms with van der Waals surface area (Å²) in [6.45, 7) is 4.27. The van der Waals surface area contributed by atoms with Gasteiger partial charge in [0, 0.05) is 18.7 Å². The molecule has 3 N–H and O–H groups in total. The van der Waals surface area contributed by atoms with Crippen molar-refractivity contribution in [3.05, 3.63) is 30.0 Å². The molecule has 1 aliphatic heterocycles. The number of benzene rings is 1. The average molecular weight is 348 g/mol. The van der Waals surface area contributed by atoms with Crippen LogP contribution in [0.25, 0.3) is 5.70 Å². The number of hydrogen-bond donors (Lipinski definition) is 3. The van der Waals surface area contributed by atoms with Crippen molar-refractivity contribution in [3.8, 4) is 11.5 Å². The molecule has 0 aliphatic carbocycles. The van der Waals surface area contributed by atoms with Crippen molar-refractivity contribution < 1.29 is 29.7 Å². The molecule has 0 saturated heterocycles. The maximum atomic E-state index is 12.9. The zero-order valence-electron chi connectivity index (χ0n) is 14.1. The lowest BCUT2D eigenvalue weighted by atomic mass is 9.97. The van der Waals surface area contributed by atoms with E-state index < -0.39 is 30.2 Å². The Morgan fingerprint density at radius 1 is 1.20 bits per heavy atom. The summed E-state index contributed by atoms with van der Waals surface area (Å²) in [5.41, 5.74) is 0.466. The van der Waals surface area contributed by atoms with E-state index >= 15 is 0 Å². The van der Waals surface area contributed by atoms with E-state index in [2.05, 4.69) is 0 Å². The molecule has 0 unspecified atom stereocenters. The minimum atomic E-state index is -1.21. The molecule has 1 atom stereocenters. The summed E-state index contributed by atoms with van der Waals surface area (Å²) in [5, 5.41) is 28.3. The molecule has 0 bridgehead atoms. The van der Waals surface area contributed by atoms with E-state index in [1.54, 1.807) is 13.8 Å². The number of carbonyl (C=O) groups is 3. The lowest BCUT2D eigenvalue weighted by molar-refractivity contribution is -0.148. The van der Waals surface area contributed by atoms with E-state index in [0.717, 1.165) is 4.90 Å². The molecule has 8 heteroatoms. The standard InChI is InChI=1S/C17H20N2O6/c1-9(2)16-17(25)19(8-15(23)24)12(7-18(16)10(3)20)11-4-5-13(21)14(22)6-11/h4-7,9,16,21-22H,8H2,1-3H3,(H,23,24)/t16-/m0/s1. The van der Waals surface area contributed by atoms with Crippen LogP contribution < -0.4 is 0 Å². The first-order chi connectivity index (χ1) is 11.6. The Hall–Kier alpha value is -3.03. The van der Waals surface area contributed by atoms with E-state index in [-0.39, 0.29) is 23.3 Å². The first-order valence-electron chi connectivity index (χ1n) is 7.69. The monoisotopic (exact) mass is 348 g/mol. The van der Waals surface area contributed by atoms with Gasteiger partial charge in [0.25, 0.3) is 5.91 Å². The number of carboxylic acids is 1. The normalized spacial score (nSPS) is 17.7. The summed E-state index contributed by atoms with van der Waals surface area (Å²) in [4.78, 5) is 38.4. The molecular weight excluding hydrogens is 328 g/mol. The third kappa shape index (κ3) is 3.57. The van der Waals surface area contributed by atoms with E-state index in [4.69, 9.17) is 5.11 Å². The van der Waals surface area contributed by atoms with Crippen LogP contribution in [0, 0.1) is 5.92 Å². The largest absolute Gasteiger partial charge is 0.504 e. The lowest BCUT2D eigenvalue weighted by Gasteiger charge is -2.40. The molecule has 8 nitrogen and oxygen atoms in total. The van der Waals surface area contributed by atoms with Gasteiger partial charge in [0.1, 0.15) is 12.6 Å². The van der Waals surface area contributed by atoms with Crippen molar-refractivity contribution in [3.63, 3.8) is 0 Å². The predicted octanol–water partition coefficient (Wildman–Crippen LogP) is 1.20. The third-order valence-electron chi connectivity index (χ3n) is 3.93. The van der Waals surface area contributed by atoms with Gasteiger partial charge in [-0.3, -0.25) is 19.3 Å². The van der Waals surface area contributed by atoms with E-state index in [1.165, 1.54) is 36.2 Å². The van der Waals surface area contributed by atoms with Gasteiger partial charge in [-0.1, -0.05) is 13.8 Å². The molecule has 1 heterocycles. The van der Waals surface area contributed by atoms with E-state index in [0.29, 0.717) is 5.56 Å². The van der Waals surface area contributed by atoms with Crippen LogP contribution >= 0.6 is 0 Å². The highest BCUT2D eigenvalue weighted by Crippen LogP contribution is 2.34. The van der Waals surface area contributed by atoms with Gasteiger partial charge in [-0.05, 0) is 24.1 Å². The molecule has 0 aromatic heterocycles. The van der Waals surface area contributed by atoms with Crippen molar-refractivity contribution in [2.75, 3.05) is 6.54 Å². The number of aliphatic carboxylic acids is 1. The number of carbonyl (C=O) groups excluding carboxylic acids is 2. The first-order valence-corrected chi connectivity index (χ1v) is 7.69. The highest BCUT2D eigenvalue weighted by atomic mass is 16.4. The zero-order valence-corrected chi connectivity index (χ0v) is 14.1. The number of rotatable bonds is 4. The summed E-state index contributed by atoms with van der Waals surface area (Å²) >= 11 is 0. The van der Waals surface area contributed by atoms with Gasteiger partial charge < -0.3 is 20.2 Å². The van der Waals surface area contributed by atoms with Gasteiger partial charge in [0.05, 0.1) is 5.70 Å². The van der Waals surface area contributed by atoms with Crippen LogP contribution in [0.1, 0.15) is 26.3 Å². The fraction of sp³-hybridized carbons (Fsp3) is 0.353. The van der Waals surface area contributed by atoms with Crippen LogP contribution in [0.2, 0.25) is 0 Å². The number of aromatic hydroxyl groups is 2. The van der Waals surface area contributed by atoms with Gasteiger partial charge in [-0.15, -0.1) is 0 Å². The Labute approximate surface area is 144 Å². The Kier molecular flexibility index (Phi) is 5.01. The molecule has 2 rings (SSSR count). The second-order valence-electron chi connectivity index (χ2n) is 6.15. The predicted molar refractivity (Wildman–Crippen MR) is 88.2 cm³/mol. The Morgan fingerprint density at radius 2 is 1.84 bits per heavy atom. The first kappa shape index (κ1) is 18.3. The lowest BCUT2D eigenvalue weighted by Crippen LogP contribution is -2.55. The molecule has 134 valence electrons. The van der Waals surface area contributed by atoms with Crippen LogP contribution in [0.3, 0.4) is 0 Å². The number of carboxylic acid groups (broad SMARTS) is 1. The molecular formula is C17H20N2O6. The highest BCUT2D eigenvalue weighted by Gasteiger charge is 2.40. The molecule has 0 radical (unpaired) electrons. The summed E-state index contributed by atoms with van der Waals surface area (Å²) in [5.74, 6) is -3.07. The molecule has 0 fully saturated rings. The summed E-state index contributed by atoms with van der Waals surface area (Å²) < 4.78 is 0. The molecule has 1 aromatic rings. The number of phenols is 2. The number of nitrogens with zero attached hydrogens (tertiary/aromatic N) is 2. The van der Waals surface area contributed by atoms with Crippen LogP contribution in [-0.4, -0.2) is 55.5 Å². The molecule has 0 saturated carbocycles. The van der Waals surface area contributed by atoms with Crippen LogP contribution in [0.5, 0.6) is 11.5 Å². The molecule has 1 aromatic carbocycles. The Bertz CT molecular complexity index is 756. The Balaban J connectivity index is 2.63. The van der Waals surface area contributed by atoms with Crippen molar-refractivity contribution in [2.45, 2.75) is 26.8 Å². The fourth-order valence-corrected chi connectivity index (χ4v) is 2.78. The van der Waals surface area contributed by atoms with Crippen molar-refractivity contribution in [2.24, 2.45) is 5.92 Å². The number of hydrogen-bond acceptors (Lipinski definition) is 5. The van der Waals surface area contributed by atoms with Crippen LogP contribution in [0.4, 0.5) is 0 Å². The van der Waals surface area contributed by atoms with E-state index in [9.17, 15) is 24.6 Å². The second kappa shape index (κ2) is 6.84. The summed E-state index contributed by atoms with van der Waals surface area (Å²) in [6.07, 6.45) is 1.41. The SMILES string of the molecule is CC(=O)N1C=C(c2ccc(O)c(O)c2)N(CC(=O)O)C(=O)[C@@H]1C(C)C. The van der Waals surface area contributed by atoms with Crippen molar-refractivity contribution >= 4 is 23.5 Å². The van der Waals surface area contributed by atoms with Crippen molar-refractivity contribution in [1.29, 1.82) is 0 Å². The Morgan fingerprint density at radius 3 is 2.32 bits per heavy atom. The maximum Gasteiger partial charge on any atom is 0.323 e. The average Bonchev–Trinajstić information content (AvgIpc) is 2.50. The molecule has 25 heavy (non-hydrogen) atoms. The minimum absolute atomic E-state index is 0.162. The third-order valence-corrected chi connectivity index (χ3v) is 3.93. The molecule has 2 amide bonds. The fourth-order valence-electron chi connectivity index (χ4n) is 2.78. The van der Waals surface area contributed by atoms with Gasteiger partial charge in [0.2, 0.25) is 5.91 Å². The summed E-state index contributed by atoms with van der Waals surface area (Å²) in [7, 11) is 0. The smallest absolute Gasteiger partial charge is 0.323 e. The van der Waals surface area contributed by atoms with Crippen molar-refractivity contribution in [1.82, 2.24) is 9.80 Å². The minimum Gasteiger partial charge on any atom is -0.504 e. The summed E-state index contributed by atoms with van der Waals surface area (Å²) in [6, 6.07) is 3.04. The second-order valence-corrected chi connectivity index (χ2v) is 6.15. The molecule has 0 spiro atoms. The van der Waals surface area contributed by atoms with E-state index in [1.807, 2.05) is 0 Å². The number of amides is 2. The van der Waals surface area contributed by atoms with Gasteiger partial charge in [0.15, 0.2) is 11.5 Å². The van der Waals surface area contributed by atoms with Gasteiger partial charge in [-0.25, -0.2) is 0 Å². The topological polar surface area (TPSA) is 118 Å². The maximum absolute atomic E-state index is 12.9. The van der Waals surface area contributed by atoms with Gasteiger partial charge in [-0.2, -0.15) is 0 Å². The van der Waals surface area contributed by atoms with Crippen LogP contribution in [0.15, 0.2) is 24.4 Å². The van der Waals surface area contributed by atoms with Gasteiger partial charge >= 0.3 is 5.97 Å². The quantitative estimate of drug-likeness (QED) is 0.704. The number of phenolic OH excluding ortho intramolecular Hbond substituents is 2. The highest BCUT2D eigenvalue weighted by molar-refractivity contribution is 5.98. The van der Waals surface area contributed by atoms with Crippen LogP contribution in [-0.2, 0) is 14.4 Å².